The molecular weight excluding hydrogens is 315 g/mol. The molecule has 0 radical (unpaired) electrons. The summed E-state index contributed by atoms with van der Waals surface area (Å²) in [7, 11) is 1.37. The second-order valence-electron chi connectivity index (χ2n) is 5.31. The average Bonchev–Trinajstić information content (AvgIpc) is 2.54. The van der Waals surface area contributed by atoms with E-state index in [0.717, 1.165) is 0 Å². The van der Waals surface area contributed by atoms with Crippen LogP contribution in [0, 0.1) is 15.9 Å². The third kappa shape index (κ3) is 3.68. The maximum Gasteiger partial charge on any atom is 0.293 e. The van der Waals surface area contributed by atoms with E-state index in [2.05, 4.69) is 5.32 Å². The molecule has 2 aromatic rings. The number of anilines is 1. The van der Waals surface area contributed by atoms with E-state index in [4.69, 9.17) is 4.74 Å². The van der Waals surface area contributed by atoms with Gasteiger partial charge in [-0.3, -0.25) is 14.9 Å². The molecule has 24 heavy (non-hydrogen) atoms. The molecule has 0 saturated heterocycles. The first-order valence-electron chi connectivity index (χ1n) is 7.23. The first-order valence-corrected chi connectivity index (χ1v) is 7.23. The Kier molecular flexibility index (Phi) is 5.13. The van der Waals surface area contributed by atoms with Crippen LogP contribution < -0.4 is 10.1 Å². The van der Waals surface area contributed by atoms with Crippen LogP contribution in [0.15, 0.2) is 36.4 Å². The number of hydrogen-bond donors (Lipinski definition) is 1. The van der Waals surface area contributed by atoms with Crippen LogP contribution in [0.2, 0.25) is 0 Å². The van der Waals surface area contributed by atoms with Crippen LogP contribution in [-0.2, 0) is 0 Å². The molecule has 1 atom stereocenters. The molecule has 0 bridgehead atoms. The van der Waals surface area contributed by atoms with Crippen LogP contribution >= 0.6 is 0 Å². The molecular formula is C17H17FN2O4. The van der Waals surface area contributed by atoms with Crippen molar-refractivity contribution in [2.24, 2.45) is 0 Å². The lowest BCUT2D eigenvalue weighted by molar-refractivity contribution is -0.384. The van der Waals surface area contributed by atoms with Gasteiger partial charge >= 0.3 is 0 Å². The van der Waals surface area contributed by atoms with Crippen molar-refractivity contribution in [1.82, 2.24) is 0 Å². The van der Waals surface area contributed by atoms with Gasteiger partial charge in [-0.25, -0.2) is 4.39 Å². The number of ketones is 1. The van der Waals surface area contributed by atoms with E-state index in [-0.39, 0.29) is 34.5 Å². The number of rotatable bonds is 6. The number of ether oxygens (including phenoxy) is 1. The highest BCUT2D eigenvalue weighted by Crippen LogP contribution is 2.30. The Morgan fingerprint density at radius 1 is 1.29 bits per heavy atom. The van der Waals surface area contributed by atoms with Gasteiger partial charge in [-0.1, -0.05) is 6.07 Å². The fourth-order valence-electron chi connectivity index (χ4n) is 2.29. The molecule has 0 fully saturated rings. The van der Waals surface area contributed by atoms with Crippen molar-refractivity contribution in [2.75, 3.05) is 12.4 Å². The van der Waals surface area contributed by atoms with E-state index in [1.807, 2.05) is 0 Å². The Morgan fingerprint density at radius 3 is 2.54 bits per heavy atom. The van der Waals surface area contributed by atoms with Gasteiger partial charge in [0.1, 0.15) is 5.69 Å². The highest BCUT2D eigenvalue weighted by atomic mass is 19.1. The summed E-state index contributed by atoms with van der Waals surface area (Å²) < 4.78 is 18.7. The quantitative estimate of drug-likeness (QED) is 0.489. The van der Waals surface area contributed by atoms with Crippen LogP contribution in [0.1, 0.15) is 35.8 Å². The predicted octanol–water partition coefficient (Wildman–Crippen LogP) is 4.12. The molecule has 0 aliphatic carbocycles. The zero-order valence-corrected chi connectivity index (χ0v) is 13.5. The van der Waals surface area contributed by atoms with E-state index in [9.17, 15) is 19.3 Å². The molecule has 0 aromatic heterocycles. The van der Waals surface area contributed by atoms with Gasteiger partial charge in [-0.05, 0) is 43.7 Å². The summed E-state index contributed by atoms with van der Waals surface area (Å²) in [6, 6.07) is 8.32. The lowest BCUT2D eigenvalue weighted by Crippen LogP contribution is -2.09. The van der Waals surface area contributed by atoms with Gasteiger partial charge in [-0.15, -0.1) is 0 Å². The summed E-state index contributed by atoms with van der Waals surface area (Å²) in [5, 5.41) is 14.2. The minimum absolute atomic E-state index is 0.128. The monoisotopic (exact) mass is 332 g/mol. The van der Waals surface area contributed by atoms with Crippen LogP contribution in [0.4, 0.5) is 15.8 Å². The SMILES string of the molecule is COc1ccc([C@H](C)Nc2ccc(C(C)=O)cc2[N+](=O)[O-])cc1F. The largest absolute Gasteiger partial charge is 0.494 e. The number of benzene rings is 2. The summed E-state index contributed by atoms with van der Waals surface area (Å²) >= 11 is 0. The molecule has 1 N–H and O–H groups in total. The molecule has 0 aliphatic heterocycles. The zero-order chi connectivity index (χ0) is 17.9. The summed E-state index contributed by atoms with van der Waals surface area (Å²) in [5.74, 6) is -0.636. The number of Topliss-reactive ketones (excluding diaryl/α,β-unsaturated/α-hetero) is 1. The summed E-state index contributed by atoms with van der Waals surface area (Å²) in [6.45, 7) is 3.10. The van der Waals surface area contributed by atoms with Crippen molar-refractivity contribution in [3.63, 3.8) is 0 Å². The molecule has 0 aliphatic rings. The van der Waals surface area contributed by atoms with Crippen molar-refractivity contribution >= 4 is 17.2 Å². The zero-order valence-electron chi connectivity index (χ0n) is 13.5. The topological polar surface area (TPSA) is 81.5 Å². The van der Waals surface area contributed by atoms with Crippen LogP contribution in [0.3, 0.4) is 0 Å². The molecule has 0 saturated carbocycles. The second-order valence-corrected chi connectivity index (χ2v) is 5.31. The third-order valence-electron chi connectivity index (χ3n) is 3.65. The van der Waals surface area contributed by atoms with Gasteiger partial charge in [-0.2, -0.15) is 0 Å². The molecule has 126 valence electrons. The molecule has 6 nitrogen and oxygen atoms in total. The minimum atomic E-state index is -0.559. The number of carbonyl (C=O) groups excluding carboxylic acids is 1. The number of methoxy groups -OCH3 is 1. The van der Waals surface area contributed by atoms with Gasteiger partial charge in [0.25, 0.3) is 5.69 Å². The number of hydrogen-bond acceptors (Lipinski definition) is 5. The summed E-state index contributed by atoms with van der Waals surface area (Å²) in [5.41, 5.74) is 0.922. The standard InChI is InChI=1S/C17H17FN2O4/c1-10(12-5-7-17(24-3)14(18)8-12)19-15-6-4-13(11(2)21)9-16(15)20(22)23/h4-10,19H,1-3H3/t10-/m0/s1. The molecule has 7 heteroatoms. The second kappa shape index (κ2) is 7.08. The number of nitrogens with zero attached hydrogens (tertiary/aromatic N) is 1. The van der Waals surface area contributed by atoms with Crippen molar-refractivity contribution in [3.05, 3.63) is 63.5 Å². The molecule has 0 amide bonds. The number of nitro groups is 1. The van der Waals surface area contributed by atoms with Crippen LogP contribution in [0.25, 0.3) is 0 Å². The highest BCUT2D eigenvalue weighted by molar-refractivity contribution is 5.95. The first kappa shape index (κ1) is 17.4. The van der Waals surface area contributed by atoms with E-state index >= 15 is 0 Å². The van der Waals surface area contributed by atoms with Crippen molar-refractivity contribution in [3.8, 4) is 5.75 Å². The average molecular weight is 332 g/mol. The Morgan fingerprint density at radius 2 is 2.00 bits per heavy atom. The Balaban J connectivity index is 2.31. The maximum absolute atomic E-state index is 13.8. The number of nitro benzene ring substituents is 1. The molecule has 0 spiro atoms. The van der Waals surface area contributed by atoms with Gasteiger partial charge in [0.05, 0.1) is 12.0 Å². The lowest BCUT2D eigenvalue weighted by Gasteiger charge is -2.17. The van der Waals surface area contributed by atoms with Crippen molar-refractivity contribution in [2.45, 2.75) is 19.9 Å². The Hall–Kier alpha value is -2.96. The maximum atomic E-state index is 13.8. The molecule has 0 unspecified atom stereocenters. The molecule has 2 rings (SSSR count). The fourth-order valence-corrected chi connectivity index (χ4v) is 2.29. The minimum Gasteiger partial charge on any atom is -0.494 e. The summed E-state index contributed by atoms with van der Waals surface area (Å²) in [4.78, 5) is 22.0. The number of nitrogens with one attached hydrogen (secondary N) is 1. The van der Waals surface area contributed by atoms with E-state index < -0.39 is 10.7 Å². The van der Waals surface area contributed by atoms with Crippen molar-refractivity contribution < 1.29 is 18.8 Å². The van der Waals surface area contributed by atoms with Crippen LogP contribution in [-0.4, -0.2) is 17.8 Å². The fraction of sp³-hybridized carbons (Fsp3) is 0.235. The summed E-state index contributed by atoms with van der Waals surface area (Å²) in [6.07, 6.45) is 0. The smallest absolute Gasteiger partial charge is 0.293 e. The molecule has 0 heterocycles. The van der Waals surface area contributed by atoms with Crippen molar-refractivity contribution in [1.29, 1.82) is 0 Å². The third-order valence-corrected chi connectivity index (χ3v) is 3.65. The normalized spacial score (nSPS) is 11.7. The van der Waals surface area contributed by atoms with Crippen LogP contribution in [0.5, 0.6) is 5.75 Å². The first-order chi connectivity index (χ1) is 11.3. The highest BCUT2D eigenvalue weighted by Gasteiger charge is 2.18. The Bertz CT molecular complexity index is 792. The van der Waals surface area contributed by atoms with Gasteiger partial charge in [0.15, 0.2) is 17.3 Å². The number of halogens is 1. The molecule has 2 aromatic carbocycles. The van der Waals surface area contributed by atoms with E-state index in [0.29, 0.717) is 5.56 Å². The van der Waals surface area contributed by atoms with Gasteiger partial charge in [0, 0.05) is 17.7 Å². The predicted molar refractivity (Wildman–Crippen MR) is 88.1 cm³/mol. The van der Waals surface area contributed by atoms with E-state index in [1.54, 1.807) is 13.0 Å². The Labute approximate surface area is 138 Å². The van der Waals surface area contributed by atoms with E-state index in [1.165, 1.54) is 44.4 Å². The number of carbonyl (C=O) groups is 1. The van der Waals surface area contributed by atoms with Gasteiger partial charge < -0.3 is 10.1 Å². The lowest BCUT2D eigenvalue weighted by atomic mass is 10.1. The van der Waals surface area contributed by atoms with Gasteiger partial charge in [0.2, 0.25) is 0 Å².